The van der Waals surface area contributed by atoms with Crippen LogP contribution in [0, 0.1) is 12.8 Å². The Bertz CT molecular complexity index is 1280. The first-order valence-electron chi connectivity index (χ1n) is 12.3. The maximum atomic E-state index is 13.7. The highest BCUT2D eigenvalue weighted by Crippen LogP contribution is 2.37. The zero-order chi connectivity index (χ0) is 24.7. The van der Waals surface area contributed by atoms with Crippen LogP contribution in [0.5, 0.6) is 5.75 Å². The van der Waals surface area contributed by atoms with Gasteiger partial charge in [-0.2, -0.15) is 4.31 Å². The highest BCUT2D eigenvalue weighted by atomic mass is 32.2. The number of benzene rings is 2. The zero-order valence-corrected chi connectivity index (χ0v) is 20.9. The van der Waals surface area contributed by atoms with Crippen LogP contribution in [0.4, 0.5) is 11.4 Å². The van der Waals surface area contributed by atoms with Crippen molar-refractivity contribution in [2.45, 2.75) is 57.0 Å². The molecule has 35 heavy (non-hydrogen) atoms. The number of carbonyl (C=O) groups excluding carboxylic acids is 2. The van der Waals surface area contributed by atoms with Crippen molar-refractivity contribution in [3.63, 3.8) is 0 Å². The van der Waals surface area contributed by atoms with Crippen LogP contribution < -0.4 is 15.0 Å². The van der Waals surface area contributed by atoms with E-state index in [0.29, 0.717) is 49.4 Å². The molecule has 1 fully saturated rings. The molecule has 0 aliphatic carbocycles. The molecular weight excluding hydrogens is 466 g/mol. The van der Waals surface area contributed by atoms with Gasteiger partial charge in [0.2, 0.25) is 15.9 Å². The number of piperidine rings is 1. The van der Waals surface area contributed by atoms with Crippen LogP contribution in [-0.4, -0.2) is 50.3 Å². The van der Waals surface area contributed by atoms with Gasteiger partial charge >= 0.3 is 0 Å². The van der Waals surface area contributed by atoms with E-state index in [1.54, 1.807) is 13.0 Å². The SMILES string of the molecule is CC[C@@H]1Oc2cc(S(=O)(=O)N3CCC[C@H](C(=O)N4CCCc5ccccc54)C3)c(C)cc2NC1=O. The Morgan fingerprint density at radius 3 is 2.77 bits per heavy atom. The minimum atomic E-state index is -3.85. The predicted octanol–water partition coefficient (Wildman–Crippen LogP) is 3.48. The second-order valence-electron chi connectivity index (χ2n) is 9.54. The molecule has 0 spiro atoms. The van der Waals surface area contributed by atoms with Crippen molar-refractivity contribution in [3.05, 3.63) is 47.5 Å². The summed E-state index contributed by atoms with van der Waals surface area (Å²) in [4.78, 5) is 27.7. The average molecular weight is 498 g/mol. The number of ether oxygens (including phenoxy) is 1. The molecular formula is C26H31N3O5S. The van der Waals surface area contributed by atoms with Crippen LogP contribution in [0.2, 0.25) is 0 Å². The number of nitrogens with one attached hydrogen (secondary N) is 1. The molecule has 8 nitrogen and oxygen atoms in total. The van der Waals surface area contributed by atoms with Crippen LogP contribution in [-0.2, 0) is 26.0 Å². The number of para-hydroxylation sites is 1. The molecule has 2 amide bonds. The summed E-state index contributed by atoms with van der Waals surface area (Å²) in [6.07, 6.45) is 2.98. The predicted molar refractivity (Wildman–Crippen MR) is 133 cm³/mol. The van der Waals surface area contributed by atoms with Crippen molar-refractivity contribution in [1.29, 1.82) is 0 Å². The third-order valence-corrected chi connectivity index (χ3v) is 9.20. The molecule has 3 aliphatic rings. The van der Waals surface area contributed by atoms with Crippen molar-refractivity contribution in [2.75, 3.05) is 29.9 Å². The molecule has 3 heterocycles. The molecule has 0 saturated carbocycles. The van der Waals surface area contributed by atoms with Crippen LogP contribution >= 0.6 is 0 Å². The maximum Gasteiger partial charge on any atom is 0.265 e. The van der Waals surface area contributed by atoms with Gasteiger partial charge in [0.05, 0.1) is 16.5 Å². The van der Waals surface area contributed by atoms with E-state index in [2.05, 4.69) is 11.4 Å². The third kappa shape index (κ3) is 4.31. The Morgan fingerprint density at radius 2 is 1.97 bits per heavy atom. The lowest BCUT2D eigenvalue weighted by molar-refractivity contribution is -0.124. The van der Waals surface area contributed by atoms with Crippen LogP contribution in [0.3, 0.4) is 0 Å². The topological polar surface area (TPSA) is 96.0 Å². The Hall–Kier alpha value is -2.91. The highest BCUT2D eigenvalue weighted by Gasteiger charge is 2.38. The molecule has 2 atom stereocenters. The molecule has 2 aromatic rings. The lowest BCUT2D eigenvalue weighted by Crippen LogP contribution is -2.48. The Kier molecular flexibility index (Phi) is 6.31. The number of rotatable bonds is 4. The molecule has 5 rings (SSSR count). The smallest absolute Gasteiger partial charge is 0.265 e. The standard InChI is InChI=1S/C26H31N3O5S/c1-3-22-25(30)27-20-14-17(2)24(15-23(20)34-22)35(32,33)28-12-6-10-19(16-28)26(31)29-13-7-9-18-8-4-5-11-21(18)29/h4-5,8,11,14-15,19,22H,3,6-7,9-10,12-13,16H2,1-2H3,(H,27,30)/t19-,22-/m0/s1. The van der Waals surface area contributed by atoms with Crippen molar-refractivity contribution in [1.82, 2.24) is 4.31 Å². The first-order valence-corrected chi connectivity index (χ1v) is 13.7. The summed E-state index contributed by atoms with van der Waals surface area (Å²) < 4.78 is 34.6. The molecule has 1 saturated heterocycles. The molecule has 0 aromatic heterocycles. The summed E-state index contributed by atoms with van der Waals surface area (Å²) in [6, 6.07) is 11.1. The fourth-order valence-electron chi connectivity index (χ4n) is 5.32. The summed E-state index contributed by atoms with van der Waals surface area (Å²) >= 11 is 0. The number of aryl methyl sites for hydroxylation is 2. The molecule has 186 valence electrons. The number of hydrogen-bond acceptors (Lipinski definition) is 5. The number of carbonyl (C=O) groups is 2. The summed E-state index contributed by atoms with van der Waals surface area (Å²) in [5.41, 5.74) is 3.11. The summed E-state index contributed by atoms with van der Waals surface area (Å²) in [6.45, 7) is 4.74. The zero-order valence-electron chi connectivity index (χ0n) is 20.1. The molecule has 2 aromatic carbocycles. The van der Waals surface area contributed by atoms with E-state index in [0.717, 1.165) is 24.1 Å². The van der Waals surface area contributed by atoms with E-state index in [9.17, 15) is 18.0 Å². The number of anilines is 2. The second kappa shape index (κ2) is 9.28. The normalized spacial score (nSPS) is 22.6. The first-order chi connectivity index (χ1) is 16.8. The van der Waals surface area contributed by atoms with Crippen LogP contribution in [0.25, 0.3) is 0 Å². The number of fused-ring (bicyclic) bond motifs is 2. The fraction of sp³-hybridized carbons (Fsp3) is 0.462. The lowest BCUT2D eigenvalue weighted by Gasteiger charge is -2.36. The van der Waals surface area contributed by atoms with E-state index < -0.39 is 16.1 Å². The van der Waals surface area contributed by atoms with Gasteiger partial charge in [-0.3, -0.25) is 9.59 Å². The van der Waals surface area contributed by atoms with Crippen molar-refractivity contribution >= 4 is 33.2 Å². The molecule has 1 N–H and O–H groups in total. The highest BCUT2D eigenvalue weighted by molar-refractivity contribution is 7.89. The Morgan fingerprint density at radius 1 is 1.17 bits per heavy atom. The second-order valence-corrected chi connectivity index (χ2v) is 11.4. The summed E-state index contributed by atoms with van der Waals surface area (Å²) in [5.74, 6) is -0.263. The van der Waals surface area contributed by atoms with Crippen molar-refractivity contribution < 1.29 is 22.7 Å². The third-order valence-electron chi connectivity index (χ3n) is 7.19. The van der Waals surface area contributed by atoms with Gasteiger partial charge in [-0.05, 0) is 62.3 Å². The maximum absolute atomic E-state index is 13.7. The molecule has 3 aliphatic heterocycles. The van der Waals surface area contributed by atoms with Gasteiger partial charge < -0.3 is 15.0 Å². The minimum Gasteiger partial charge on any atom is -0.478 e. The molecule has 0 unspecified atom stereocenters. The van der Waals surface area contributed by atoms with Gasteiger partial charge in [-0.1, -0.05) is 25.1 Å². The van der Waals surface area contributed by atoms with E-state index >= 15 is 0 Å². The average Bonchev–Trinajstić information content (AvgIpc) is 2.87. The van der Waals surface area contributed by atoms with Gasteiger partial charge in [0.15, 0.2) is 6.10 Å². The molecule has 0 bridgehead atoms. The monoisotopic (exact) mass is 497 g/mol. The first kappa shape index (κ1) is 23.8. The van der Waals surface area contributed by atoms with Crippen LogP contribution in [0.15, 0.2) is 41.3 Å². The largest absolute Gasteiger partial charge is 0.478 e. The summed E-state index contributed by atoms with van der Waals surface area (Å²) in [7, 11) is -3.85. The summed E-state index contributed by atoms with van der Waals surface area (Å²) in [5, 5.41) is 2.80. The molecule has 0 radical (unpaired) electrons. The van der Waals surface area contributed by atoms with E-state index in [4.69, 9.17) is 4.74 Å². The number of nitrogens with zero attached hydrogens (tertiary/aromatic N) is 2. The Balaban J connectivity index is 1.39. The van der Waals surface area contributed by atoms with Gasteiger partial charge in [-0.25, -0.2) is 8.42 Å². The van der Waals surface area contributed by atoms with E-state index in [1.807, 2.05) is 30.0 Å². The number of sulfonamides is 1. The quantitative estimate of drug-likeness (QED) is 0.698. The van der Waals surface area contributed by atoms with Gasteiger partial charge in [0, 0.05) is 31.4 Å². The van der Waals surface area contributed by atoms with Crippen molar-refractivity contribution in [2.24, 2.45) is 5.92 Å². The Labute approximate surface area is 206 Å². The minimum absolute atomic E-state index is 0.00366. The van der Waals surface area contributed by atoms with Gasteiger partial charge in [-0.15, -0.1) is 0 Å². The lowest BCUT2D eigenvalue weighted by atomic mass is 9.95. The van der Waals surface area contributed by atoms with Crippen LogP contribution in [0.1, 0.15) is 43.7 Å². The molecule has 9 heteroatoms. The fourth-order valence-corrected chi connectivity index (χ4v) is 7.06. The van der Waals surface area contributed by atoms with Gasteiger partial charge in [0.25, 0.3) is 5.91 Å². The number of hydrogen-bond donors (Lipinski definition) is 1. The van der Waals surface area contributed by atoms with E-state index in [1.165, 1.54) is 10.4 Å². The number of amides is 2. The van der Waals surface area contributed by atoms with Gasteiger partial charge in [0.1, 0.15) is 5.75 Å². The van der Waals surface area contributed by atoms with E-state index in [-0.39, 0.29) is 29.2 Å². The van der Waals surface area contributed by atoms with Crippen molar-refractivity contribution in [3.8, 4) is 5.75 Å².